The van der Waals surface area contributed by atoms with Gasteiger partial charge in [-0.2, -0.15) is 0 Å². The smallest absolute Gasteiger partial charge is 0.410 e. The van der Waals surface area contributed by atoms with Crippen molar-refractivity contribution >= 4 is 17.5 Å². The predicted molar refractivity (Wildman–Crippen MR) is 138 cm³/mol. The average molecular weight is 509 g/mol. The van der Waals surface area contributed by atoms with Crippen LogP contribution in [0.15, 0.2) is 12.1 Å². The predicted octanol–water partition coefficient (Wildman–Crippen LogP) is 5.09. The second-order valence-corrected chi connectivity index (χ2v) is 11.5. The van der Waals surface area contributed by atoms with Gasteiger partial charge >= 0.3 is 6.09 Å². The van der Waals surface area contributed by atoms with Crippen LogP contribution >= 0.6 is 0 Å². The molecule has 1 aliphatic carbocycles. The standard InChI is InChI=1S/C27H42F2N4O3/c1-26(2,3)36-25(34)33-15-13-31(14-16-33)20-7-11-32(12-8-20)23-18-24(35-4)22(30)17-21(23)19-5-9-27(28,29)10-6-19/h17-20H,5-16,30H2,1-4H3. The Morgan fingerprint density at radius 3 is 2.17 bits per heavy atom. The van der Waals surface area contributed by atoms with E-state index in [9.17, 15) is 13.6 Å². The molecule has 4 rings (SSSR count). The molecule has 36 heavy (non-hydrogen) atoms. The second kappa shape index (κ2) is 10.6. The maximum atomic E-state index is 13.8. The molecule has 202 valence electrons. The quantitative estimate of drug-likeness (QED) is 0.571. The fourth-order valence-electron chi connectivity index (χ4n) is 5.80. The molecule has 3 aliphatic rings. The summed E-state index contributed by atoms with van der Waals surface area (Å²) in [6, 6.07) is 4.41. The number of nitrogens with zero attached hydrogens (tertiary/aromatic N) is 3. The number of piperidine rings is 1. The van der Waals surface area contributed by atoms with Crippen molar-refractivity contribution in [3.8, 4) is 5.75 Å². The number of carbonyl (C=O) groups excluding carboxylic acids is 1. The molecule has 0 aromatic heterocycles. The molecule has 9 heteroatoms. The van der Waals surface area contributed by atoms with Gasteiger partial charge in [-0.05, 0) is 64.0 Å². The number of hydrogen-bond donors (Lipinski definition) is 1. The Hall–Kier alpha value is -2.29. The zero-order valence-corrected chi connectivity index (χ0v) is 22.2. The lowest BCUT2D eigenvalue weighted by atomic mass is 9.81. The molecule has 1 amide bonds. The van der Waals surface area contributed by atoms with Crippen LogP contribution in [0.25, 0.3) is 0 Å². The summed E-state index contributed by atoms with van der Waals surface area (Å²) >= 11 is 0. The SMILES string of the molecule is COc1cc(N2CCC(N3CCN(C(=O)OC(C)(C)C)CC3)CC2)c(C2CCC(F)(F)CC2)cc1N. The third-order valence-electron chi connectivity index (χ3n) is 7.82. The molecule has 3 fully saturated rings. The Balaban J connectivity index is 1.38. The first-order chi connectivity index (χ1) is 17.0. The number of anilines is 2. The van der Waals surface area contributed by atoms with E-state index in [4.69, 9.17) is 15.2 Å². The zero-order chi connectivity index (χ0) is 26.1. The number of amides is 1. The third kappa shape index (κ3) is 6.33. The molecule has 2 N–H and O–H groups in total. The molecule has 2 aliphatic heterocycles. The molecule has 1 aromatic carbocycles. The van der Waals surface area contributed by atoms with Gasteiger partial charge in [0.05, 0.1) is 12.8 Å². The first kappa shape index (κ1) is 26.8. The summed E-state index contributed by atoms with van der Waals surface area (Å²) in [4.78, 5) is 19.1. The van der Waals surface area contributed by atoms with Gasteiger partial charge in [-0.1, -0.05) is 0 Å². The highest BCUT2D eigenvalue weighted by Crippen LogP contribution is 2.46. The number of piperazine rings is 1. The van der Waals surface area contributed by atoms with E-state index in [0.29, 0.717) is 43.4 Å². The number of hydrogen-bond acceptors (Lipinski definition) is 6. The highest BCUT2D eigenvalue weighted by molar-refractivity contribution is 5.69. The van der Waals surface area contributed by atoms with E-state index in [1.165, 1.54) is 0 Å². The van der Waals surface area contributed by atoms with Crippen molar-refractivity contribution in [2.24, 2.45) is 0 Å². The van der Waals surface area contributed by atoms with E-state index in [-0.39, 0.29) is 24.9 Å². The molecule has 1 saturated carbocycles. The normalized spacial score (nSPS) is 22.5. The number of benzene rings is 1. The van der Waals surface area contributed by atoms with Gasteiger partial charge in [0.15, 0.2) is 0 Å². The van der Waals surface area contributed by atoms with Gasteiger partial charge in [-0.3, -0.25) is 4.90 Å². The van der Waals surface area contributed by atoms with Crippen molar-refractivity contribution in [2.45, 2.75) is 82.8 Å². The number of carbonyl (C=O) groups is 1. The highest BCUT2D eigenvalue weighted by atomic mass is 19.3. The van der Waals surface area contributed by atoms with Crippen LogP contribution in [-0.4, -0.2) is 79.8 Å². The van der Waals surface area contributed by atoms with E-state index in [1.54, 1.807) is 12.0 Å². The zero-order valence-electron chi connectivity index (χ0n) is 22.2. The van der Waals surface area contributed by atoms with Crippen LogP contribution in [0.3, 0.4) is 0 Å². The summed E-state index contributed by atoms with van der Waals surface area (Å²) in [6.07, 6.45) is 2.61. The van der Waals surface area contributed by atoms with Crippen molar-refractivity contribution < 1.29 is 23.0 Å². The van der Waals surface area contributed by atoms with Crippen LogP contribution in [0, 0.1) is 0 Å². The molecular formula is C27H42F2N4O3. The van der Waals surface area contributed by atoms with Crippen LogP contribution in [-0.2, 0) is 4.74 Å². The van der Waals surface area contributed by atoms with Crippen molar-refractivity contribution in [3.05, 3.63) is 17.7 Å². The van der Waals surface area contributed by atoms with E-state index in [2.05, 4.69) is 9.80 Å². The summed E-state index contributed by atoms with van der Waals surface area (Å²) in [5.41, 5.74) is 8.47. The van der Waals surface area contributed by atoms with E-state index >= 15 is 0 Å². The fraction of sp³-hybridized carbons (Fsp3) is 0.741. The number of nitrogens with two attached hydrogens (primary N) is 1. The number of rotatable bonds is 4. The first-order valence-corrected chi connectivity index (χ1v) is 13.3. The topological polar surface area (TPSA) is 71.3 Å². The fourth-order valence-corrected chi connectivity index (χ4v) is 5.80. The van der Waals surface area contributed by atoms with E-state index < -0.39 is 11.5 Å². The van der Waals surface area contributed by atoms with Gasteiger partial charge in [-0.15, -0.1) is 0 Å². The minimum absolute atomic E-state index is 0.0691. The van der Waals surface area contributed by atoms with Gasteiger partial charge in [0.25, 0.3) is 0 Å². The number of ether oxygens (including phenoxy) is 2. The van der Waals surface area contributed by atoms with E-state index in [1.807, 2.05) is 32.9 Å². The number of halogens is 2. The Bertz CT molecular complexity index is 910. The summed E-state index contributed by atoms with van der Waals surface area (Å²) in [6.45, 7) is 10.5. The van der Waals surface area contributed by atoms with Gasteiger partial charge in [0.2, 0.25) is 5.92 Å². The maximum Gasteiger partial charge on any atom is 0.410 e. The minimum Gasteiger partial charge on any atom is -0.495 e. The number of methoxy groups -OCH3 is 1. The second-order valence-electron chi connectivity index (χ2n) is 11.5. The maximum absolute atomic E-state index is 13.8. The molecular weight excluding hydrogens is 466 g/mol. The largest absolute Gasteiger partial charge is 0.495 e. The lowest BCUT2D eigenvalue weighted by molar-refractivity contribution is -0.0382. The summed E-state index contributed by atoms with van der Waals surface area (Å²) in [5, 5.41) is 0. The molecule has 2 saturated heterocycles. The van der Waals surface area contributed by atoms with Crippen molar-refractivity contribution in [1.82, 2.24) is 9.80 Å². The summed E-state index contributed by atoms with van der Waals surface area (Å²) < 4.78 is 38.7. The van der Waals surface area contributed by atoms with Crippen LogP contribution in [0.2, 0.25) is 0 Å². The molecule has 2 heterocycles. The van der Waals surface area contributed by atoms with Crippen LogP contribution in [0.1, 0.15) is 70.8 Å². The molecule has 0 unspecified atom stereocenters. The first-order valence-electron chi connectivity index (χ1n) is 13.3. The van der Waals surface area contributed by atoms with Crippen molar-refractivity contribution in [2.75, 3.05) is 57.0 Å². The van der Waals surface area contributed by atoms with Crippen molar-refractivity contribution in [3.63, 3.8) is 0 Å². The highest BCUT2D eigenvalue weighted by Gasteiger charge is 2.37. The Kier molecular flexibility index (Phi) is 7.88. The van der Waals surface area contributed by atoms with Gasteiger partial charge < -0.3 is 25.0 Å². The molecule has 0 spiro atoms. The van der Waals surface area contributed by atoms with Crippen LogP contribution < -0.4 is 15.4 Å². The van der Waals surface area contributed by atoms with Crippen LogP contribution in [0.4, 0.5) is 25.0 Å². The molecule has 0 atom stereocenters. The lowest BCUT2D eigenvalue weighted by Gasteiger charge is -2.44. The Morgan fingerprint density at radius 1 is 1.00 bits per heavy atom. The molecule has 0 radical (unpaired) electrons. The summed E-state index contributed by atoms with van der Waals surface area (Å²) in [5.74, 6) is -1.83. The third-order valence-corrected chi connectivity index (χ3v) is 7.82. The minimum atomic E-state index is -2.56. The van der Waals surface area contributed by atoms with E-state index in [0.717, 1.165) is 50.3 Å². The molecule has 1 aromatic rings. The van der Waals surface area contributed by atoms with Crippen molar-refractivity contribution in [1.29, 1.82) is 0 Å². The summed E-state index contributed by atoms with van der Waals surface area (Å²) in [7, 11) is 1.61. The lowest BCUT2D eigenvalue weighted by Crippen LogP contribution is -2.55. The Labute approximate surface area is 213 Å². The van der Waals surface area contributed by atoms with Gasteiger partial charge in [-0.25, -0.2) is 13.6 Å². The molecule has 0 bridgehead atoms. The number of alkyl halides is 2. The van der Waals surface area contributed by atoms with Gasteiger partial charge in [0, 0.05) is 69.9 Å². The molecule has 7 nitrogen and oxygen atoms in total. The van der Waals surface area contributed by atoms with Gasteiger partial charge in [0.1, 0.15) is 11.4 Å². The monoisotopic (exact) mass is 508 g/mol. The average Bonchev–Trinajstić information content (AvgIpc) is 2.83. The number of nitrogen functional groups attached to an aromatic ring is 1. The van der Waals surface area contributed by atoms with Crippen LogP contribution in [0.5, 0.6) is 5.75 Å². The Morgan fingerprint density at radius 2 is 1.61 bits per heavy atom.